The van der Waals surface area contributed by atoms with Crippen LogP contribution in [0.5, 0.6) is 0 Å². The first kappa shape index (κ1) is 20.7. The molecule has 1 aromatic carbocycles. The maximum atomic E-state index is 13.4. The smallest absolute Gasteiger partial charge is 0.255 e. The van der Waals surface area contributed by atoms with Gasteiger partial charge >= 0.3 is 0 Å². The fraction of sp³-hybridized carbons (Fsp3) is 0.500. The summed E-state index contributed by atoms with van der Waals surface area (Å²) in [4.78, 5) is 30.0. The standard InChI is InChI=1S/C24H31N3O3/c1-18-15-22(19(2)27(18)16-20-7-4-3-5-8-20)24(29)26-10-6-9-21(17-26)23(28)25-11-13-30-14-12-25/h3-5,7-8,15,21H,6,9-14,16-17H2,1-2H3. The lowest BCUT2D eigenvalue weighted by atomic mass is 9.95. The van der Waals surface area contributed by atoms with Gasteiger partial charge in [0.05, 0.1) is 24.7 Å². The first-order chi connectivity index (χ1) is 14.5. The number of aromatic nitrogens is 1. The molecule has 1 atom stereocenters. The number of nitrogens with zero attached hydrogens (tertiary/aromatic N) is 3. The minimum absolute atomic E-state index is 0.0434. The highest BCUT2D eigenvalue weighted by atomic mass is 16.5. The Morgan fingerprint density at radius 3 is 2.50 bits per heavy atom. The Morgan fingerprint density at radius 2 is 1.77 bits per heavy atom. The molecule has 0 radical (unpaired) electrons. The molecule has 2 aliphatic heterocycles. The van der Waals surface area contributed by atoms with Gasteiger partial charge in [-0.2, -0.15) is 0 Å². The fourth-order valence-corrected chi connectivity index (χ4v) is 4.60. The number of hydrogen-bond acceptors (Lipinski definition) is 3. The predicted octanol–water partition coefficient (Wildman–Crippen LogP) is 2.86. The maximum absolute atomic E-state index is 13.4. The van der Waals surface area contributed by atoms with Gasteiger partial charge in [0.1, 0.15) is 0 Å². The van der Waals surface area contributed by atoms with Crippen molar-refractivity contribution in [2.75, 3.05) is 39.4 Å². The van der Waals surface area contributed by atoms with Crippen molar-refractivity contribution in [2.24, 2.45) is 5.92 Å². The van der Waals surface area contributed by atoms with Crippen molar-refractivity contribution in [3.8, 4) is 0 Å². The zero-order chi connectivity index (χ0) is 21.1. The molecule has 0 aliphatic carbocycles. The van der Waals surface area contributed by atoms with Crippen molar-refractivity contribution in [3.63, 3.8) is 0 Å². The van der Waals surface area contributed by atoms with Crippen molar-refractivity contribution < 1.29 is 14.3 Å². The summed E-state index contributed by atoms with van der Waals surface area (Å²) < 4.78 is 7.56. The van der Waals surface area contributed by atoms with Crippen LogP contribution in [0.4, 0.5) is 0 Å². The maximum Gasteiger partial charge on any atom is 0.255 e. The number of carbonyl (C=O) groups is 2. The SMILES string of the molecule is Cc1cc(C(=O)N2CCCC(C(=O)N3CCOCC3)C2)c(C)n1Cc1ccccc1. The van der Waals surface area contributed by atoms with Crippen LogP contribution in [-0.4, -0.2) is 65.6 Å². The van der Waals surface area contributed by atoms with Gasteiger partial charge in [-0.1, -0.05) is 30.3 Å². The van der Waals surface area contributed by atoms with E-state index >= 15 is 0 Å². The number of ether oxygens (including phenoxy) is 1. The van der Waals surface area contributed by atoms with Gasteiger partial charge in [0.2, 0.25) is 5.91 Å². The van der Waals surface area contributed by atoms with Crippen LogP contribution < -0.4 is 0 Å². The molecule has 2 aromatic rings. The molecule has 6 nitrogen and oxygen atoms in total. The van der Waals surface area contributed by atoms with Crippen LogP contribution in [0.3, 0.4) is 0 Å². The number of hydrogen-bond donors (Lipinski definition) is 0. The molecular formula is C24H31N3O3. The van der Waals surface area contributed by atoms with Crippen LogP contribution in [0.2, 0.25) is 0 Å². The molecule has 0 N–H and O–H groups in total. The topological polar surface area (TPSA) is 54.8 Å². The molecular weight excluding hydrogens is 378 g/mol. The van der Waals surface area contributed by atoms with E-state index in [9.17, 15) is 9.59 Å². The van der Waals surface area contributed by atoms with Gasteiger partial charge in [0.25, 0.3) is 5.91 Å². The van der Waals surface area contributed by atoms with Crippen molar-refractivity contribution in [1.82, 2.24) is 14.4 Å². The number of benzene rings is 1. The quantitative estimate of drug-likeness (QED) is 0.780. The minimum Gasteiger partial charge on any atom is -0.378 e. The van der Waals surface area contributed by atoms with E-state index in [2.05, 4.69) is 16.7 Å². The summed E-state index contributed by atoms with van der Waals surface area (Å²) >= 11 is 0. The first-order valence-electron chi connectivity index (χ1n) is 10.9. The molecule has 2 fully saturated rings. The lowest BCUT2D eigenvalue weighted by molar-refractivity contribution is -0.141. The van der Waals surface area contributed by atoms with Crippen LogP contribution >= 0.6 is 0 Å². The lowest BCUT2D eigenvalue weighted by Gasteiger charge is -2.36. The third-order valence-corrected chi connectivity index (χ3v) is 6.37. The summed E-state index contributed by atoms with van der Waals surface area (Å²) in [6, 6.07) is 12.3. The number of carbonyl (C=O) groups excluding carboxylic acids is 2. The van der Waals surface area contributed by atoms with Gasteiger partial charge in [-0.05, 0) is 38.3 Å². The molecule has 30 heavy (non-hydrogen) atoms. The third kappa shape index (κ3) is 4.29. The molecule has 4 rings (SSSR count). The van der Waals surface area contributed by atoms with E-state index in [4.69, 9.17) is 4.74 Å². The van der Waals surface area contributed by atoms with E-state index in [1.165, 1.54) is 5.56 Å². The lowest BCUT2D eigenvalue weighted by Crippen LogP contribution is -2.49. The average molecular weight is 410 g/mol. The van der Waals surface area contributed by atoms with Crippen LogP contribution in [0.25, 0.3) is 0 Å². The van der Waals surface area contributed by atoms with E-state index in [1.54, 1.807) is 0 Å². The second-order valence-corrected chi connectivity index (χ2v) is 8.38. The Hall–Kier alpha value is -2.60. The van der Waals surface area contributed by atoms with Gasteiger partial charge in [0, 0.05) is 44.1 Å². The zero-order valence-corrected chi connectivity index (χ0v) is 18.0. The molecule has 0 bridgehead atoms. The molecule has 1 unspecified atom stereocenters. The second-order valence-electron chi connectivity index (χ2n) is 8.38. The molecule has 6 heteroatoms. The Balaban J connectivity index is 1.47. The molecule has 2 amide bonds. The first-order valence-corrected chi connectivity index (χ1v) is 10.9. The van der Waals surface area contributed by atoms with Gasteiger partial charge in [-0.15, -0.1) is 0 Å². The summed E-state index contributed by atoms with van der Waals surface area (Å²) in [5.41, 5.74) is 4.04. The highest BCUT2D eigenvalue weighted by Crippen LogP contribution is 2.24. The van der Waals surface area contributed by atoms with E-state index in [0.717, 1.165) is 36.3 Å². The molecule has 1 aromatic heterocycles. The van der Waals surface area contributed by atoms with Crippen molar-refractivity contribution in [3.05, 3.63) is 58.9 Å². The van der Waals surface area contributed by atoms with Crippen molar-refractivity contribution in [1.29, 1.82) is 0 Å². The van der Waals surface area contributed by atoms with Gasteiger partial charge < -0.3 is 19.1 Å². The molecule has 0 saturated carbocycles. The van der Waals surface area contributed by atoms with E-state index < -0.39 is 0 Å². The molecule has 2 aliphatic rings. The van der Waals surface area contributed by atoms with Crippen LogP contribution in [-0.2, 0) is 16.1 Å². The van der Waals surface area contributed by atoms with E-state index in [-0.39, 0.29) is 17.7 Å². The summed E-state index contributed by atoms with van der Waals surface area (Å²) in [6.07, 6.45) is 1.72. The van der Waals surface area contributed by atoms with E-state index in [0.29, 0.717) is 39.4 Å². The predicted molar refractivity (Wildman–Crippen MR) is 115 cm³/mol. The number of amides is 2. The Morgan fingerprint density at radius 1 is 1.03 bits per heavy atom. The summed E-state index contributed by atoms with van der Waals surface area (Å²) in [6.45, 7) is 8.57. The van der Waals surface area contributed by atoms with Crippen LogP contribution in [0.1, 0.15) is 40.2 Å². The Bertz CT molecular complexity index is 900. The second kappa shape index (κ2) is 9.04. The molecule has 2 saturated heterocycles. The highest BCUT2D eigenvalue weighted by Gasteiger charge is 2.33. The number of aryl methyl sites for hydroxylation is 1. The van der Waals surface area contributed by atoms with Gasteiger partial charge in [-0.3, -0.25) is 9.59 Å². The number of rotatable bonds is 4. The largest absolute Gasteiger partial charge is 0.378 e. The summed E-state index contributed by atoms with van der Waals surface area (Å²) in [5.74, 6) is 0.112. The monoisotopic (exact) mass is 409 g/mol. The highest BCUT2D eigenvalue weighted by molar-refractivity contribution is 5.96. The van der Waals surface area contributed by atoms with Crippen LogP contribution in [0.15, 0.2) is 36.4 Å². The summed E-state index contributed by atoms with van der Waals surface area (Å²) in [7, 11) is 0. The third-order valence-electron chi connectivity index (χ3n) is 6.37. The van der Waals surface area contributed by atoms with E-state index in [1.807, 2.05) is 47.9 Å². The Kier molecular flexibility index (Phi) is 6.23. The van der Waals surface area contributed by atoms with Gasteiger partial charge in [-0.25, -0.2) is 0 Å². The number of piperidine rings is 1. The summed E-state index contributed by atoms with van der Waals surface area (Å²) in [5, 5.41) is 0. The number of morpholine rings is 1. The van der Waals surface area contributed by atoms with Crippen molar-refractivity contribution in [2.45, 2.75) is 33.2 Å². The average Bonchev–Trinajstić information content (AvgIpc) is 3.07. The molecule has 3 heterocycles. The van der Waals surface area contributed by atoms with Crippen molar-refractivity contribution >= 4 is 11.8 Å². The number of likely N-dealkylation sites (tertiary alicyclic amines) is 1. The minimum atomic E-state index is -0.103. The van der Waals surface area contributed by atoms with Gasteiger partial charge in [0.15, 0.2) is 0 Å². The Labute approximate surface area is 178 Å². The normalized spacial score (nSPS) is 19.7. The molecule has 0 spiro atoms. The zero-order valence-electron chi connectivity index (χ0n) is 18.0. The molecule has 160 valence electrons. The van der Waals surface area contributed by atoms with Crippen LogP contribution in [0, 0.1) is 19.8 Å². The fourth-order valence-electron chi connectivity index (χ4n) is 4.60.